The standard InChI is InChI=1S/C21H26ClNO3/c1-14-20(21(25)26-15-9-5-3-2-4-6-10-15)17(13-19(24)23-14)16-11-7-8-12-18(16)22/h7-8,11-12,15,17H,2-6,9-10,13H2,1H3,(H,23,24). The highest BCUT2D eigenvalue weighted by molar-refractivity contribution is 6.31. The van der Waals surface area contributed by atoms with Crippen LogP contribution in [-0.4, -0.2) is 18.0 Å². The molecule has 1 aromatic carbocycles. The summed E-state index contributed by atoms with van der Waals surface area (Å²) in [4.78, 5) is 25.1. The van der Waals surface area contributed by atoms with Crippen molar-refractivity contribution in [2.45, 2.75) is 70.3 Å². The fourth-order valence-corrected chi connectivity index (χ4v) is 4.21. The molecule has 1 aromatic rings. The largest absolute Gasteiger partial charge is 0.459 e. The number of ether oxygens (including phenoxy) is 1. The number of benzene rings is 1. The smallest absolute Gasteiger partial charge is 0.336 e. The van der Waals surface area contributed by atoms with Crippen LogP contribution in [0.1, 0.15) is 69.8 Å². The fourth-order valence-electron chi connectivity index (χ4n) is 3.95. The quantitative estimate of drug-likeness (QED) is 0.766. The molecule has 1 atom stereocenters. The van der Waals surface area contributed by atoms with Gasteiger partial charge in [0.05, 0.1) is 5.57 Å². The lowest BCUT2D eigenvalue weighted by Crippen LogP contribution is -2.35. The Morgan fingerprint density at radius 2 is 1.77 bits per heavy atom. The minimum absolute atomic E-state index is 0.0346. The van der Waals surface area contributed by atoms with E-state index in [4.69, 9.17) is 16.3 Å². The highest BCUT2D eigenvalue weighted by Crippen LogP contribution is 2.37. The molecule has 1 unspecified atom stereocenters. The molecule has 1 aliphatic carbocycles. The molecular weight excluding hydrogens is 350 g/mol. The van der Waals surface area contributed by atoms with Gasteiger partial charge in [-0.2, -0.15) is 0 Å². The summed E-state index contributed by atoms with van der Waals surface area (Å²) in [7, 11) is 0. The highest BCUT2D eigenvalue weighted by atomic mass is 35.5. The van der Waals surface area contributed by atoms with Gasteiger partial charge in [-0.25, -0.2) is 4.79 Å². The van der Waals surface area contributed by atoms with E-state index in [0.29, 0.717) is 16.3 Å². The van der Waals surface area contributed by atoms with Crippen LogP contribution in [0.2, 0.25) is 5.02 Å². The number of amides is 1. The van der Waals surface area contributed by atoms with Crippen molar-refractivity contribution >= 4 is 23.5 Å². The third-order valence-electron chi connectivity index (χ3n) is 5.30. The Morgan fingerprint density at radius 3 is 2.46 bits per heavy atom. The predicted octanol–water partition coefficient (Wildman–Crippen LogP) is 4.87. The third-order valence-corrected chi connectivity index (χ3v) is 5.64. The zero-order valence-corrected chi connectivity index (χ0v) is 16.0. The molecular formula is C21H26ClNO3. The fraction of sp³-hybridized carbons (Fsp3) is 0.524. The molecule has 1 amide bonds. The number of nitrogens with one attached hydrogen (secondary N) is 1. The molecule has 4 nitrogen and oxygen atoms in total. The first kappa shape index (κ1) is 19.0. The maximum Gasteiger partial charge on any atom is 0.336 e. The Hall–Kier alpha value is -1.81. The van der Waals surface area contributed by atoms with Gasteiger partial charge in [-0.3, -0.25) is 4.79 Å². The summed E-state index contributed by atoms with van der Waals surface area (Å²) in [6.07, 6.45) is 7.88. The van der Waals surface area contributed by atoms with Gasteiger partial charge in [-0.05, 0) is 44.2 Å². The first-order chi connectivity index (χ1) is 12.6. The maximum absolute atomic E-state index is 13.0. The molecule has 3 rings (SSSR count). The van der Waals surface area contributed by atoms with Crippen LogP contribution >= 0.6 is 11.6 Å². The number of hydrogen-bond acceptors (Lipinski definition) is 3. The van der Waals surface area contributed by atoms with Crippen LogP contribution in [0.5, 0.6) is 0 Å². The third kappa shape index (κ3) is 4.47. The first-order valence-electron chi connectivity index (χ1n) is 9.52. The molecule has 140 valence electrons. The van der Waals surface area contributed by atoms with Crippen molar-refractivity contribution < 1.29 is 14.3 Å². The Labute approximate surface area is 159 Å². The molecule has 0 radical (unpaired) electrons. The van der Waals surface area contributed by atoms with Gasteiger partial charge >= 0.3 is 5.97 Å². The summed E-state index contributed by atoms with van der Waals surface area (Å²) in [5.74, 6) is -0.786. The zero-order chi connectivity index (χ0) is 18.5. The summed E-state index contributed by atoms with van der Waals surface area (Å²) in [5.41, 5.74) is 1.90. The van der Waals surface area contributed by atoms with Crippen LogP contribution in [0.3, 0.4) is 0 Å². The normalized spacial score (nSPS) is 22.4. The van der Waals surface area contributed by atoms with Crippen molar-refractivity contribution in [3.8, 4) is 0 Å². The molecule has 0 spiro atoms. The van der Waals surface area contributed by atoms with E-state index in [1.54, 1.807) is 13.0 Å². The Balaban J connectivity index is 1.83. The van der Waals surface area contributed by atoms with Gasteiger partial charge in [0.25, 0.3) is 0 Å². The van der Waals surface area contributed by atoms with Crippen molar-refractivity contribution in [3.63, 3.8) is 0 Å². The Kier molecular flexibility index (Phi) is 6.36. The van der Waals surface area contributed by atoms with Crippen molar-refractivity contribution in [1.29, 1.82) is 0 Å². The molecule has 1 aliphatic heterocycles. The van der Waals surface area contributed by atoms with Crippen LogP contribution in [0.25, 0.3) is 0 Å². The molecule has 5 heteroatoms. The molecule has 0 bridgehead atoms. The average molecular weight is 376 g/mol. The van der Waals surface area contributed by atoms with Crippen LogP contribution in [0.15, 0.2) is 35.5 Å². The lowest BCUT2D eigenvalue weighted by molar-refractivity contribution is -0.145. The number of hydrogen-bond donors (Lipinski definition) is 1. The van der Waals surface area contributed by atoms with Crippen molar-refractivity contribution in [2.75, 3.05) is 0 Å². The number of rotatable bonds is 3. The van der Waals surface area contributed by atoms with Gasteiger partial charge in [0.1, 0.15) is 6.10 Å². The van der Waals surface area contributed by atoms with Crippen molar-refractivity contribution in [3.05, 3.63) is 46.1 Å². The van der Waals surface area contributed by atoms with E-state index in [1.807, 2.05) is 18.2 Å². The summed E-state index contributed by atoms with van der Waals surface area (Å²) < 4.78 is 5.87. The number of carbonyl (C=O) groups is 2. The van der Waals surface area contributed by atoms with Gasteiger partial charge in [0.2, 0.25) is 5.91 Å². The van der Waals surface area contributed by atoms with E-state index >= 15 is 0 Å². The molecule has 0 saturated heterocycles. The lowest BCUT2D eigenvalue weighted by Gasteiger charge is -2.29. The van der Waals surface area contributed by atoms with E-state index in [9.17, 15) is 9.59 Å². The maximum atomic E-state index is 13.0. The highest BCUT2D eigenvalue weighted by Gasteiger charge is 2.34. The van der Waals surface area contributed by atoms with E-state index < -0.39 is 0 Å². The van der Waals surface area contributed by atoms with E-state index in [1.165, 1.54) is 19.3 Å². The van der Waals surface area contributed by atoms with Gasteiger partial charge in [0, 0.05) is 23.1 Å². The van der Waals surface area contributed by atoms with Crippen molar-refractivity contribution in [2.24, 2.45) is 0 Å². The molecule has 2 aliphatic rings. The predicted molar refractivity (Wildman–Crippen MR) is 102 cm³/mol. The summed E-state index contributed by atoms with van der Waals surface area (Å²) >= 11 is 6.35. The van der Waals surface area contributed by atoms with Gasteiger partial charge in [0.15, 0.2) is 0 Å². The SMILES string of the molecule is CC1=C(C(=O)OC2CCCCCCC2)C(c2ccccc2Cl)CC(=O)N1. The molecule has 1 fully saturated rings. The molecule has 0 aromatic heterocycles. The zero-order valence-electron chi connectivity index (χ0n) is 15.2. The number of allylic oxidation sites excluding steroid dienone is 1. The minimum Gasteiger partial charge on any atom is -0.459 e. The minimum atomic E-state index is -0.362. The second-order valence-corrected chi connectivity index (χ2v) is 7.64. The number of halogens is 1. The molecule has 1 heterocycles. The summed E-state index contributed by atoms with van der Waals surface area (Å²) in [5, 5.41) is 3.35. The summed E-state index contributed by atoms with van der Waals surface area (Å²) in [6.45, 7) is 1.76. The van der Waals surface area contributed by atoms with Crippen LogP contribution in [0, 0.1) is 0 Å². The van der Waals surface area contributed by atoms with Crippen LogP contribution < -0.4 is 5.32 Å². The van der Waals surface area contributed by atoms with Crippen LogP contribution in [-0.2, 0) is 14.3 Å². The number of carbonyl (C=O) groups excluding carboxylic acids is 2. The Morgan fingerprint density at radius 1 is 1.12 bits per heavy atom. The van der Waals surface area contributed by atoms with Gasteiger partial charge in [-0.1, -0.05) is 49.1 Å². The van der Waals surface area contributed by atoms with Crippen LogP contribution in [0.4, 0.5) is 0 Å². The molecule has 1 N–H and O–H groups in total. The summed E-state index contributed by atoms with van der Waals surface area (Å²) in [6, 6.07) is 7.39. The molecule has 1 saturated carbocycles. The van der Waals surface area contributed by atoms with E-state index in [2.05, 4.69) is 5.32 Å². The van der Waals surface area contributed by atoms with Gasteiger partial charge in [-0.15, -0.1) is 0 Å². The first-order valence-corrected chi connectivity index (χ1v) is 9.90. The second-order valence-electron chi connectivity index (χ2n) is 7.24. The average Bonchev–Trinajstić information content (AvgIpc) is 2.56. The second kappa shape index (κ2) is 8.72. The lowest BCUT2D eigenvalue weighted by atomic mass is 9.84. The molecule has 26 heavy (non-hydrogen) atoms. The Bertz CT molecular complexity index is 705. The van der Waals surface area contributed by atoms with Gasteiger partial charge < -0.3 is 10.1 Å². The van der Waals surface area contributed by atoms with E-state index in [-0.39, 0.29) is 30.3 Å². The van der Waals surface area contributed by atoms with E-state index in [0.717, 1.165) is 31.2 Å². The van der Waals surface area contributed by atoms with Crippen molar-refractivity contribution in [1.82, 2.24) is 5.32 Å². The monoisotopic (exact) mass is 375 g/mol. The topological polar surface area (TPSA) is 55.4 Å². The number of esters is 1.